The molecular weight excluding hydrogens is 396 g/mol. The van der Waals surface area contributed by atoms with Crippen molar-refractivity contribution in [2.45, 2.75) is 12.8 Å². The second kappa shape index (κ2) is 10.8. The lowest BCUT2D eigenvalue weighted by Gasteiger charge is -2.00. The summed E-state index contributed by atoms with van der Waals surface area (Å²) in [5.41, 5.74) is 5.07. The standard InChI is InChI=1S/C18H16N6O6/c25-17(21-19-11-13-3-1-5-15(9-13)23(27)28)7-8-18(26)22-20-12-14-4-2-6-16(10-14)24(29)30/h1-6,9-12H,7-8H2,(H,21,25)(H,22,26). The predicted octanol–water partition coefficient (Wildman–Crippen LogP) is 1.88. The first-order valence-electron chi connectivity index (χ1n) is 8.48. The van der Waals surface area contributed by atoms with Crippen LogP contribution in [0.4, 0.5) is 11.4 Å². The Morgan fingerprint density at radius 2 is 1.20 bits per heavy atom. The molecule has 0 bridgehead atoms. The van der Waals surface area contributed by atoms with Crippen LogP contribution in [0.15, 0.2) is 58.7 Å². The van der Waals surface area contributed by atoms with Gasteiger partial charge < -0.3 is 0 Å². The van der Waals surface area contributed by atoms with Crippen LogP contribution in [0.25, 0.3) is 0 Å². The van der Waals surface area contributed by atoms with Crippen LogP contribution in [0, 0.1) is 20.2 Å². The largest absolute Gasteiger partial charge is 0.273 e. The third-order valence-corrected chi connectivity index (χ3v) is 3.55. The number of carbonyl (C=O) groups excluding carboxylic acids is 2. The summed E-state index contributed by atoms with van der Waals surface area (Å²) < 4.78 is 0. The molecule has 0 radical (unpaired) electrons. The van der Waals surface area contributed by atoms with Crippen molar-refractivity contribution in [3.05, 3.63) is 79.9 Å². The van der Waals surface area contributed by atoms with E-state index in [1.54, 1.807) is 12.1 Å². The van der Waals surface area contributed by atoms with Crippen molar-refractivity contribution in [1.82, 2.24) is 10.9 Å². The van der Waals surface area contributed by atoms with Crippen molar-refractivity contribution in [2.75, 3.05) is 0 Å². The molecule has 0 spiro atoms. The minimum absolute atomic E-state index is 0.104. The van der Waals surface area contributed by atoms with Gasteiger partial charge in [-0.05, 0) is 0 Å². The molecule has 0 saturated heterocycles. The van der Waals surface area contributed by atoms with Gasteiger partial charge in [-0.15, -0.1) is 0 Å². The smallest absolute Gasteiger partial charge is 0.270 e. The zero-order chi connectivity index (χ0) is 21.9. The highest BCUT2D eigenvalue weighted by Gasteiger charge is 2.07. The summed E-state index contributed by atoms with van der Waals surface area (Å²) in [6.07, 6.45) is 2.16. The summed E-state index contributed by atoms with van der Waals surface area (Å²) >= 11 is 0. The molecule has 12 nitrogen and oxygen atoms in total. The van der Waals surface area contributed by atoms with Gasteiger partial charge in [-0.25, -0.2) is 10.9 Å². The normalized spacial score (nSPS) is 10.8. The highest BCUT2D eigenvalue weighted by Crippen LogP contribution is 2.12. The van der Waals surface area contributed by atoms with Crippen LogP contribution < -0.4 is 10.9 Å². The Balaban J connectivity index is 1.74. The fourth-order valence-corrected chi connectivity index (χ4v) is 2.13. The average molecular weight is 412 g/mol. The zero-order valence-electron chi connectivity index (χ0n) is 15.4. The van der Waals surface area contributed by atoms with E-state index in [1.165, 1.54) is 48.8 Å². The van der Waals surface area contributed by atoms with E-state index in [0.717, 1.165) is 0 Å². The van der Waals surface area contributed by atoms with Gasteiger partial charge in [-0.1, -0.05) is 24.3 Å². The second-order valence-electron chi connectivity index (χ2n) is 5.79. The van der Waals surface area contributed by atoms with Gasteiger partial charge in [0.05, 0.1) is 22.3 Å². The quantitative estimate of drug-likeness (QED) is 0.362. The first-order valence-corrected chi connectivity index (χ1v) is 8.48. The van der Waals surface area contributed by atoms with E-state index < -0.39 is 21.7 Å². The van der Waals surface area contributed by atoms with Crippen molar-refractivity contribution >= 4 is 35.6 Å². The van der Waals surface area contributed by atoms with Gasteiger partial charge in [-0.3, -0.25) is 29.8 Å². The molecule has 2 amide bonds. The van der Waals surface area contributed by atoms with Gasteiger partial charge in [0.15, 0.2) is 0 Å². The van der Waals surface area contributed by atoms with E-state index in [2.05, 4.69) is 21.1 Å². The van der Waals surface area contributed by atoms with Crippen molar-refractivity contribution in [2.24, 2.45) is 10.2 Å². The fourth-order valence-electron chi connectivity index (χ4n) is 2.13. The monoisotopic (exact) mass is 412 g/mol. The first kappa shape index (κ1) is 21.8. The number of nitrogens with zero attached hydrogens (tertiary/aromatic N) is 4. The predicted molar refractivity (Wildman–Crippen MR) is 107 cm³/mol. The van der Waals surface area contributed by atoms with E-state index in [9.17, 15) is 29.8 Å². The Morgan fingerprint density at radius 1 is 0.800 bits per heavy atom. The number of nitro benzene ring substituents is 2. The number of rotatable bonds is 9. The Labute approximate surface area is 169 Å². The Kier molecular flexibility index (Phi) is 7.82. The molecule has 0 aliphatic rings. The van der Waals surface area contributed by atoms with Gasteiger partial charge in [-0.2, -0.15) is 10.2 Å². The number of non-ortho nitro benzene ring substituents is 2. The van der Waals surface area contributed by atoms with E-state index >= 15 is 0 Å². The van der Waals surface area contributed by atoms with Gasteiger partial charge in [0.2, 0.25) is 11.8 Å². The van der Waals surface area contributed by atoms with Crippen molar-refractivity contribution in [3.63, 3.8) is 0 Å². The highest BCUT2D eigenvalue weighted by molar-refractivity contribution is 5.86. The third-order valence-electron chi connectivity index (χ3n) is 3.55. The Bertz CT molecular complexity index is 938. The van der Waals surface area contributed by atoms with Crippen molar-refractivity contribution in [1.29, 1.82) is 0 Å². The van der Waals surface area contributed by atoms with Crippen LogP contribution in [-0.4, -0.2) is 34.1 Å². The molecule has 0 unspecified atom stereocenters. The van der Waals surface area contributed by atoms with Crippen LogP contribution in [0.3, 0.4) is 0 Å². The SMILES string of the molecule is O=C(CCC(=O)NN=Cc1cccc([N+](=O)[O-])c1)NN=Cc1cccc([N+](=O)[O-])c1. The number of nitrogens with one attached hydrogen (secondary N) is 2. The van der Waals surface area contributed by atoms with Crippen molar-refractivity contribution < 1.29 is 19.4 Å². The maximum atomic E-state index is 11.7. The first-order chi connectivity index (χ1) is 14.3. The molecule has 0 aliphatic carbocycles. The van der Waals surface area contributed by atoms with Crippen LogP contribution in [0.5, 0.6) is 0 Å². The molecule has 2 aromatic rings. The lowest BCUT2D eigenvalue weighted by atomic mass is 10.2. The van der Waals surface area contributed by atoms with Crippen molar-refractivity contribution in [3.8, 4) is 0 Å². The molecule has 2 aromatic carbocycles. The second-order valence-corrected chi connectivity index (χ2v) is 5.79. The highest BCUT2D eigenvalue weighted by atomic mass is 16.6. The molecule has 0 fully saturated rings. The number of carbonyl (C=O) groups is 2. The fraction of sp³-hybridized carbons (Fsp3) is 0.111. The average Bonchev–Trinajstić information content (AvgIpc) is 2.72. The minimum Gasteiger partial charge on any atom is -0.273 e. The van der Waals surface area contributed by atoms with E-state index in [-0.39, 0.29) is 24.2 Å². The Morgan fingerprint density at radius 3 is 1.57 bits per heavy atom. The summed E-state index contributed by atoms with van der Waals surface area (Å²) in [5.74, 6) is -1.07. The van der Waals surface area contributed by atoms with Gasteiger partial charge in [0.25, 0.3) is 11.4 Å². The molecule has 0 aliphatic heterocycles. The molecule has 0 heterocycles. The maximum absolute atomic E-state index is 11.7. The number of benzene rings is 2. The lowest BCUT2D eigenvalue weighted by molar-refractivity contribution is -0.385. The van der Waals surface area contributed by atoms with E-state index in [0.29, 0.717) is 11.1 Å². The molecule has 154 valence electrons. The molecule has 12 heteroatoms. The summed E-state index contributed by atoms with van der Waals surface area (Å²) in [4.78, 5) is 43.7. The molecule has 2 N–H and O–H groups in total. The summed E-state index contributed by atoms with van der Waals surface area (Å²) in [6.45, 7) is 0. The number of nitro groups is 2. The van der Waals surface area contributed by atoms with Crippen LogP contribution in [0.2, 0.25) is 0 Å². The van der Waals surface area contributed by atoms with Crippen LogP contribution >= 0.6 is 0 Å². The molecular formula is C18H16N6O6. The van der Waals surface area contributed by atoms with E-state index in [4.69, 9.17) is 0 Å². The number of amides is 2. The number of hydrogen-bond donors (Lipinski definition) is 2. The van der Waals surface area contributed by atoms with Gasteiger partial charge in [0.1, 0.15) is 0 Å². The maximum Gasteiger partial charge on any atom is 0.270 e. The van der Waals surface area contributed by atoms with E-state index in [1.807, 2.05) is 0 Å². The summed E-state index contributed by atoms with van der Waals surface area (Å²) in [6, 6.07) is 11.4. The van der Waals surface area contributed by atoms with Gasteiger partial charge in [0, 0.05) is 48.2 Å². The molecule has 0 atom stereocenters. The third kappa shape index (κ3) is 7.26. The van der Waals surface area contributed by atoms with Crippen LogP contribution in [-0.2, 0) is 9.59 Å². The molecule has 30 heavy (non-hydrogen) atoms. The van der Waals surface area contributed by atoms with Crippen LogP contribution in [0.1, 0.15) is 24.0 Å². The number of hydrogen-bond acceptors (Lipinski definition) is 8. The minimum atomic E-state index is -0.546. The van der Waals surface area contributed by atoms with Gasteiger partial charge >= 0.3 is 0 Å². The summed E-state index contributed by atoms with van der Waals surface area (Å²) in [5, 5.41) is 28.8. The lowest BCUT2D eigenvalue weighted by Crippen LogP contribution is -2.22. The molecule has 0 aromatic heterocycles. The molecule has 0 saturated carbocycles. The summed E-state index contributed by atoms with van der Waals surface area (Å²) in [7, 11) is 0. The zero-order valence-corrected chi connectivity index (χ0v) is 15.4. The number of hydrazone groups is 2. The Hall–Kier alpha value is -4.48. The topological polar surface area (TPSA) is 169 Å². The molecule has 2 rings (SSSR count).